The first-order valence-electron chi connectivity index (χ1n) is 8.24. The highest BCUT2D eigenvalue weighted by Crippen LogP contribution is 2.33. The molecule has 2 rings (SSSR count). The molecule has 6 heteroatoms. The maximum Gasteiger partial charge on any atom is 0.162 e. The van der Waals surface area contributed by atoms with Crippen LogP contribution in [0.15, 0.2) is 12.1 Å². The first kappa shape index (κ1) is 18.3. The van der Waals surface area contributed by atoms with Crippen molar-refractivity contribution in [2.75, 3.05) is 53.1 Å². The fourth-order valence-corrected chi connectivity index (χ4v) is 2.70. The largest absolute Gasteiger partial charge is 0.493 e. The molecule has 0 bridgehead atoms. The second-order valence-electron chi connectivity index (χ2n) is 5.57. The van der Waals surface area contributed by atoms with E-state index in [1.807, 2.05) is 12.1 Å². The third-order valence-corrected chi connectivity index (χ3v) is 4.17. The van der Waals surface area contributed by atoms with Gasteiger partial charge in [0.2, 0.25) is 0 Å². The van der Waals surface area contributed by atoms with Gasteiger partial charge in [-0.2, -0.15) is 0 Å². The van der Waals surface area contributed by atoms with Crippen molar-refractivity contribution in [3.05, 3.63) is 22.7 Å². The Bertz CT molecular complexity index is 479. The van der Waals surface area contributed by atoms with E-state index >= 15 is 0 Å². The van der Waals surface area contributed by atoms with Gasteiger partial charge in [-0.25, -0.2) is 0 Å². The van der Waals surface area contributed by atoms with Crippen molar-refractivity contribution in [2.45, 2.75) is 19.9 Å². The molecule has 5 nitrogen and oxygen atoms in total. The molecule has 0 aliphatic carbocycles. The molecule has 0 aromatic heterocycles. The Morgan fingerprint density at radius 1 is 1.26 bits per heavy atom. The third-order valence-electron chi connectivity index (χ3n) is 3.82. The molecule has 1 heterocycles. The zero-order chi connectivity index (χ0) is 16.5. The lowest BCUT2D eigenvalue weighted by molar-refractivity contribution is 0.0384. The van der Waals surface area contributed by atoms with Gasteiger partial charge in [-0.05, 0) is 18.1 Å². The van der Waals surface area contributed by atoms with Crippen molar-refractivity contribution >= 4 is 11.6 Å². The van der Waals surface area contributed by atoms with Crippen molar-refractivity contribution in [1.29, 1.82) is 0 Å². The minimum Gasteiger partial charge on any atom is -0.493 e. The summed E-state index contributed by atoms with van der Waals surface area (Å²) in [5, 5.41) is 4.14. The van der Waals surface area contributed by atoms with Crippen molar-refractivity contribution in [1.82, 2.24) is 10.2 Å². The van der Waals surface area contributed by atoms with Crippen LogP contribution in [-0.2, 0) is 11.3 Å². The number of nitrogens with one attached hydrogen (secondary N) is 1. The van der Waals surface area contributed by atoms with Crippen LogP contribution < -0.4 is 14.8 Å². The standard InChI is InChI=1S/C17H27ClN2O3/c1-3-8-23-17-12-15(18)14(11-16(17)21-2)13-19-4-5-20-6-9-22-10-7-20/h11-12,19H,3-10,13H2,1-2H3. The van der Waals surface area contributed by atoms with E-state index in [0.717, 1.165) is 57.1 Å². The molecule has 23 heavy (non-hydrogen) atoms. The van der Waals surface area contributed by atoms with E-state index in [1.54, 1.807) is 7.11 Å². The van der Waals surface area contributed by atoms with Gasteiger partial charge >= 0.3 is 0 Å². The summed E-state index contributed by atoms with van der Waals surface area (Å²) in [6.45, 7) is 9.09. The number of methoxy groups -OCH3 is 1. The molecule has 0 saturated carbocycles. The van der Waals surface area contributed by atoms with Gasteiger partial charge in [0.25, 0.3) is 0 Å². The first-order chi connectivity index (χ1) is 11.2. The number of benzene rings is 1. The summed E-state index contributed by atoms with van der Waals surface area (Å²) < 4.78 is 16.4. The molecule has 1 aliphatic heterocycles. The zero-order valence-electron chi connectivity index (χ0n) is 14.1. The summed E-state index contributed by atoms with van der Waals surface area (Å²) in [7, 11) is 1.65. The average molecular weight is 343 g/mol. The second kappa shape index (κ2) is 9.98. The summed E-state index contributed by atoms with van der Waals surface area (Å²) in [5.41, 5.74) is 1.02. The maximum absolute atomic E-state index is 6.36. The molecule has 0 radical (unpaired) electrons. The van der Waals surface area contributed by atoms with E-state index in [-0.39, 0.29) is 0 Å². The molecule has 0 spiro atoms. The maximum atomic E-state index is 6.36. The summed E-state index contributed by atoms with van der Waals surface area (Å²) in [4.78, 5) is 2.40. The summed E-state index contributed by atoms with van der Waals surface area (Å²) in [6, 6.07) is 3.80. The summed E-state index contributed by atoms with van der Waals surface area (Å²) in [5.74, 6) is 1.43. The van der Waals surface area contributed by atoms with Crippen molar-refractivity contribution in [3.63, 3.8) is 0 Å². The summed E-state index contributed by atoms with van der Waals surface area (Å²) in [6.07, 6.45) is 0.950. The van der Waals surface area contributed by atoms with Crippen molar-refractivity contribution < 1.29 is 14.2 Å². The van der Waals surface area contributed by atoms with Crippen molar-refractivity contribution in [3.8, 4) is 11.5 Å². The molecule has 130 valence electrons. The van der Waals surface area contributed by atoms with Crippen LogP contribution in [0.2, 0.25) is 5.02 Å². The smallest absolute Gasteiger partial charge is 0.162 e. The average Bonchev–Trinajstić information content (AvgIpc) is 2.59. The van der Waals surface area contributed by atoms with Gasteiger partial charge in [0.05, 0.1) is 26.9 Å². The van der Waals surface area contributed by atoms with Crippen LogP contribution in [-0.4, -0.2) is 58.0 Å². The van der Waals surface area contributed by atoms with E-state index in [9.17, 15) is 0 Å². The van der Waals surface area contributed by atoms with Crippen LogP contribution in [0.1, 0.15) is 18.9 Å². The van der Waals surface area contributed by atoms with Gasteiger partial charge in [0.1, 0.15) is 0 Å². The molecule has 1 aromatic rings. The number of hydrogen-bond acceptors (Lipinski definition) is 5. The van der Waals surface area contributed by atoms with Gasteiger partial charge < -0.3 is 19.5 Å². The topological polar surface area (TPSA) is 43.0 Å². The predicted molar refractivity (Wildman–Crippen MR) is 92.8 cm³/mol. The minimum atomic E-state index is 0.657. The molecule has 0 amide bonds. The lowest BCUT2D eigenvalue weighted by Gasteiger charge is -2.26. The highest BCUT2D eigenvalue weighted by molar-refractivity contribution is 6.31. The molecule has 0 unspecified atom stereocenters. The first-order valence-corrected chi connectivity index (χ1v) is 8.62. The Morgan fingerprint density at radius 2 is 2.04 bits per heavy atom. The molecule has 0 atom stereocenters. The lowest BCUT2D eigenvalue weighted by Crippen LogP contribution is -2.40. The number of nitrogens with zero attached hydrogens (tertiary/aromatic N) is 1. The van der Waals surface area contributed by atoms with E-state index in [1.165, 1.54) is 0 Å². The second-order valence-corrected chi connectivity index (χ2v) is 5.98. The highest BCUT2D eigenvalue weighted by atomic mass is 35.5. The van der Waals surface area contributed by atoms with Gasteiger partial charge in [0, 0.05) is 43.8 Å². The number of hydrogen-bond donors (Lipinski definition) is 1. The van der Waals surface area contributed by atoms with Gasteiger partial charge in [-0.1, -0.05) is 18.5 Å². The van der Waals surface area contributed by atoms with Crippen LogP contribution in [0.5, 0.6) is 11.5 Å². The normalized spacial score (nSPS) is 15.6. The molecule has 1 aliphatic rings. The van der Waals surface area contributed by atoms with Crippen molar-refractivity contribution in [2.24, 2.45) is 0 Å². The number of rotatable bonds is 9. The highest BCUT2D eigenvalue weighted by Gasteiger charge is 2.12. The van der Waals surface area contributed by atoms with Gasteiger partial charge in [-0.3, -0.25) is 4.90 Å². The summed E-state index contributed by atoms with van der Waals surface area (Å²) >= 11 is 6.36. The monoisotopic (exact) mass is 342 g/mol. The molecule has 1 aromatic carbocycles. The minimum absolute atomic E-state index is 0.657. The Labute approximate surface area is 143 Å². The van der Waals surface area contributed by atoms with Crippen LogP contribution in [0, 0.1) is 0 Å². The Morgan fingerprint density at radius 3 is 2.74 bits per heavy atom. The Balaban J connectivity index is 1.83. The van der Waals surface area contributed by atoms with Crippen LogP contribution in [0.25, 0.3) is 0 Å². The molecular weight excluding hydrogens is 316 g/mol. The van der Waals surface area contributed by atoms with Gasteiger partial charge in [-0.15, -0.1) is 0 Å². The van der Waals surface area contributed by atoms with Crippen LogP contribution in [0.3, 0.4) is 0 Å². The van der Waals surface area contributed by atoms with Gasteiger partial charge in [0.15, 0.2) is 11.5 Å². The third kappa shape index (κ3) is 5.84. The van der Waals surface area contributed by atoms with E-state index < -0.39 is 0 Å². The van der Waals surface area contributed by atoms with E-state index in [0.29, 0.717) is 23.9 Å². The van der Waals surface area contributed by atoms with Crippen LogP contribution >= 0.6 is 11.6 Å². The number of ether oxygens (including phenoxy) is 3. The quantitative estimate of drug-likeness (QED) is 0.699. The Hall–Kier alpha value is -1.01. The zero-order valence-corrected chi connectivity index (χ0v) is 14.8. The fraction of sp³-hybridized carbons (Fsp3) is 0.647. The number of halogens is 1. The Kier molecular flexibility index (Phi) is 7.95. The molecular formula is C17H27ClN2O3. The SMILES string of the molecule is CCCOc1cc(Cl)c(CNCCN2CCOCC2)cc1OC. The van der Waals surface area contributed by atoms with Crippen LogP contribution in [0.4, 0.5) is 0 Å². The lowest BCUT2D eigenvalue weighted by atomic mass is 10.2. The number of morpholine rings is 1. The predicted octanol–water partition coefficient (Wildman–Crippen LogP) is 2.56. The molecule has 1 N–H and O–H groups in total. The fourth-order valence-electron chi connectivity index (χ4n) is 2.48. The van der Waals surface area contributed by atoms with E-state index in [2.05, 4.69) is 17.1 Å². The molecule has 1 fully saturated rings. The molecule has 1 saturated heterocycles. The van der Waals surface area contributed by atoms with E-state index in [4.69, 9.17) is 25.8 Å².